The molecule has 1 fully saturated rings. The molecule has 0 aromatic heterocycles. The van der Waals surface area contributed by atoms with E-state index in [1.54, 1.807) is 11.8 Å². The molecule has 2 rings (SSSR count). The van der Waals surface area contributed by atoms with Crippen LogP contribution in [0.25, 0.3) is 0 Å². The third-order valence-electron chi connectivity index (χ3n) is 4.61. The molecule has 1 aromatic rings. The van der Waals surface area contributed by atoms with E-state index in [0.717, 1.165) is 45.1 Å². The number of benzene rings is 1. The second-order valence-electron chi connectivity index (χ2n) is 6.36. The van der Waals surface area contributed by atoms with Crippen molar-refractivity contribution < 1.29 is 4.74 Å². The summed E-state index contributed by atoms with van der Waals surface area (Å²) < 4.78 is 5.78. The van der Waals surface area contributed by atoms with E-state index in [-0.39, 0.29) is 28.7 Å². The summed E-state index contributed by atoms with van der Waals surface area (Å²) in [6.07, 6.45) is 6.51. The van der Waals surface area contributed by atoms with E-state index in [1.807, 2.05) is 11.8 Å². The van der Waals surface area contributed by atoms with Crippen molar-refractivity contribution >= 4 is 53.5 Å². The number of nitrogens with one attached hydrogen (secondary N) is 2. The molecular weight excluding hydrogens is 477 g/mol. The van der Waals surface area contributed by atoms with Crippen molar-refractivity contribution in [2.24, 2.45) is 4.99 Å². The lowest BCUT2D eigenvalue weighted by Crippen LogP contribution is -2.47. The zero-order chi connectivity index (χ0) is 18.1. The molecule has 0 atom stereocenters. The average molecular weight is 510 g/mol. The molecule has 2 N–H and O–H groups in total. The predicted molar refractivity (Wildman–Crippen MR) is 127 cm³/mol. The van der Waals surface area contributed by atoms with Crippen LogP contribution < -0.4 is 10.6 Å². The minimum atomic E-state index is 0. The minimum Gasteiger partial charge on any atom is -0.381 e. The number of hydrogen-bond donors (Lipinski definition) is 2. The van der Waals surface area contributed by atoms with Crippen LogP contribution in [-0.4, -0.2) is 49.5 Å². The summed E-state index contributed by atoms with van der Waals surface area (Å²) in [6, 6.07) is 6.59. The highest BCUT2D eigenvalue weighted by atomic mass is 127. The molecule has 4 nitrogen and oxygen atoms in total. The quantitative estimate of drug-likeness (QED) is 0.248. The highest BCUT2D eigenvalue weighted by Crippen LogP contribution is 2.33. The maximum absolute atomic E-state index is 5.53. The first kappa shape index (κ1) is 23.9. The van der Waals surface area contributed by atoms with Crippen molar-refractivity contribution in [3.63, 3.8) is 0 Å². The van der Waals surface area contributed by atoms with Crippen LogP contribution in [-0.2, 0) is 11.3 Å². The molecule has 0 spiro atoms. The summed E-state index contributed by atoms with van der Waals surface area (Å²) in [5.74, 6) is 0.898. The van der Waals surface area contributed by atoms with Gasteiger partial charge in [0.1, 0.15) is 0 Å². The average Bonchev–Trinajstić information content (AvgIpc) is 2.65. The van der Waals surface area contributed by atoms with Gasteiger partial charge in [-0.1, -0.05) is 12.1 Å². The molecule has 1 aliphatic rings. The van der Waals surface area contributed by atoms with Crippen LogP contribution in [0.15, 0.2) is 28.1 Å². The Kier molecular flexibility index (Phi) is 11.4. The van der Waals surface area contributed by atoms with Crippen LogP contribution in [0.2, 0.25) is 0 Å². The molecule has 1 saturated heterocycles. The standard InChI is InChI=1S/C19H31N3OS2.HI/c1-5-20-18(22-14-19(25-4)8-10-23-11-9-19)21-13-16-7-6-15(2)12-17(16)24-3;/h6-7,12H,5,8-11,13-14H2,1-4H3,(H2,20,21,22);1H. The van der Waals surface area contributed by atoms with Crippen LogP contribution >= 0.6 is 47.5 Å². The summed E-state index contributed by atoms with van der Waals surface area (Å²) in [7, 11) is 0. The third kappa shape index (κ3) is 7.13. The SMILES string of the molecule is CCNC(=NCc1ccc(C)cc1SC)NCC1(SC)CCOCC1.I. The van der Waals surface area contributed by atoms with Gasteiger partial charge in [-0.3, -0.25) is 0 Å². The fraction of sp³-hybridized carbons (Fsp3) is 0.632. The van der Waals surface area contributed by atoms with Gasteiger partial charge in [0.05, 0.1) is 6.54 Å². The summed E-state index contributed by atoms with van der Waals surface area (Å²) in [6.45, 7) is 8.44. The van der Waals surface area contributed by atoms with Gasteiger partial charge in [0, 0.05) is 35.9 Å². The number of hydrogen-bond acceptors (Lipinski definition) is 4. The zero-order valence-electron chi connectivity index (χ0n) is 16.3. The van der Waals surface area contributed by atoms with Gasteiger partial charge in [0.25, 0.3) is 0 Å². The van der Waals surface area contributed by atoms with Gasteiger partial charge in [-0.15, -0.1) is 35.7 Å². The summed E-state index contributed by atoms with van der Waals surface area (Å²) in [5.41, 5.74) is 2.57. The molecule has 1 aliphatic heterocycles. The van der Waals surface area contributed by atoms with Gasteiger partial charge in [-0.05, 0) is 56.4 Å². The Hall–Kier alpha value is -0.120. The molecule has 0 saturated carbocycles. The lowest BCUT2D eigenvalue weighted by Gasteiger charge is -2.36. The highest BCUT2D eigenvalue weighted by molar-refractivity contribution is 14.0. The molecule has 0 bridgehead atoms. The van der Waals surface area contributed by atoms with Gasteiger partial charge in [0.2, 0.25) is 0 Å². The molecule has 7 heteroatoms. The Bertz CT molecular complexity index is 578. The van der Waals surface area contributed by atoms with E-state index in [2.05, 4.69) is 55.2 Å². The molecule has 0 unspecified atom stereocenters. The number of rotatable bonds is 7. The van der Waals surface area contributed by atoms with E-state index in [0.29, 0.717) is 6.54 Å². The van der Waals surface area contributed by atoms with Crippen molar-refractivity contribution in [3.8, 4) is 0 Å². The van der Waals surface area contributed by atoms with Gasteiger partial charge < -0.3 is 15.4 Å². The largest absolute Gasteiger partial charge is 0.381 e. The molecule has 26 heavy (non-hydrogen) atoms. The van der Waals surface area contributed by atoms with Crippen molar-refractivity contribution in [1.29, 1.82) is 0 Å². The van der Waals surface area contributed by atoms with Gasteiger partial charge in [0.15, 0.2) is 5.96 Å². The van der Waals surface area contributed by atoms with E-state index >= 15 is 0 Å². The lowest BCUT2D eigenvalue weighted by atomic mass is 9.99. The third-order valence-corrected chi connectivity index (χ3v) is 6.85. The van der Waals surface area contributed by atoms with Gasteiger partial charge >= 0.3 is 0 Å². The van der Waals surface area contributed by atoms with E-state index in [4.69, 9.17) is 9.73 Å². The Morgan fingerprint density at radius 1 is 1.23 bits per heavy atom. The fourth-order valence-electron chi connectivity index (χ4n) is 2.93. The first-order valence-corrected chi connectivity index (χ1v) is 11.4. The van der Waals surface area contributed by atoms with Crippen molar-refractivity contribution in [2.75, 3.05) is 38.8 Å². The number of aliphatic imine (C=N–C) groups is 1. The topological polar surface area (TPSA) is 45.7 Å². The molecule has 1 heterocycles. The van der Waals surface area contributed by atoms with Gasteiger partial charge in [-0.2, -0.15) is 11.8 Å². The van der Waals surface area contributed by atoms with Crippen molar-refractivity contribution in [3.05, 3.63) is 29.3 Å². The molecule has 0 radical (unpaired) electrons. The smallest absolute Gasteiger partial charge is 0.191 e. The number of thioether (sulfide) groups is 2. The second kappa shape index (κ2) is 12.4. The monoisotopic (exact) mass is 509 g/mol. The van der Waals surface area contributed by atoms with Crippen LogP contribution in [0.5, 0.6) is 0 Å². The van der Waals surface area contributed by atoms with Crippen LogP contribution in [0, 0.1) is 6.92 Å². The molecule has 0 amide bonds. The number of nitrogens with zero attached hydrogens (tertiary/aromatic N) is 1. The van der Waals surface area contributed by atoms with E-state index in [1.165, 1.54) is 16.0 Å². The maximum atomic E-state index is 5.53. The zero-order valence-corrected chi connectivity index (χ0v) is 20.2. The summed E-state index contributed by atoms with van der Waals surface area (Å²) >= 11 is 3.73. The first-order chi connectivity index (χ1) is 12.1. The summed E-state index contributed by atoms with van der Waals surface area (Å²) in [4.78, 5) is 6.12. The summed E-state index contributed by atoms with van der Waals surface area (Å²) in [5, 5.41) is 6.93. The van der Waals surface area contributed by atoms with E-state index in [9.17, 15) is 0 Å². The Balaban J connectivity index is 0.00000338. The lowest BCUT2D eigenvalue weighted by molar-refractivity contribution is 0.0783. The second-order valence-corrected chi connectivity index (χ2v) is 8.49. The Labute approximate surface area is 184 Å². The van der Waals surface area contributed by atoms with Crippen molar-refractivity contribution in [1.82, 2.24) is 10.6 Å². The van der Waals surface area contributed by atoms with Crippen LogP contribution in [0.3, 0.4) is 0 Å². The highest BCUT2D eigenvalue weighted by Gasteiger charge is 2.31. The Morgan fingerprint density at radius 3 is 2.58 bits per heavy atom. The Morgan fingerprint density at radius 2 is 1.96 bits per heavy atom. The normalized spacial score (nSPS) is 16.7. The number of ether oxygens (including phenoxy) is 1. The van der Waals surface area contributed by atoms with Crippen LogP contribution in [0.1, 0.15) is 30.9 Å². The number of aryl methyl sites for hydroxylation is 1. The molecular formula is C19H32IN3OS2. The van der Waals surface area contributed by atoms with Crippen LogP contribution in [0.4, 0.5) is 0 Å². The van der Waals surface area contributed by atoms with Gasteiger partial charge in [-0.25, -0.2) is 4.99 Å². The minimum absolute atomic E-state index is 0. The van der Waals surface area contributed by atoms with E-state index < -0.39 is 0 Å². The molecule has 0 aliphatic carbocycles. The molecule has 1 aromatic carbocycles. The number of halogens is 1. The first-order valence-electron chi connectivity index (χ1n) is 8.91. The van der Waals surface area contributed by atoms with Crippen molar-refractivity contribution in [2.45, 2.75) is 42.9 Å². The number of guanidine groups is 1. The predicted octanol–water partition coefficient (Wildman–Crippen LogP) is 4.30. The fourth-order valence-corrected chi connectivity index (χ4v) is 4.42. The maximum Gasteiger partial charge on any atom is 0.191 e. The molecule has 148 valence electrons.